The molecule has 2 heterocycles. The number of carbonyl (C=O) groups is 1. The summed E-state index contributed by atoms with van der Waals surface area (Å²) < 4.78 is 8.60. The fourth-order valence-electron chi connectivity index (χ4n) is 3.18. The molecule has 0 bridgehead atoms. The number of aryl methyl sites for hydroxylation is 1. The maximum atomic E-state index is 12.4. The van der Waals surface area contributed by atoms with Crippen molar-refractivity contribution in [2.45, 2.75) is 25.9 Å². The van der Waals surface area contributed by atoms with E-state index in [0.717, 1.165) is 11.3 Å². The lowest BCUT2D eigenvalue weighted by molar-refractivity contribution is -0.121. The molecule has 0 aliphatic heterocycles. The summed E-state index contributed by atoms with van der Waals surface area (Å²) in [5.74, 6) is -0.569. The Bertz CT molecular complexity index is 1140. The topological polar surface area (TPSA) is 82.1 Å². The van der Waals surface area contributed by atoms with Gasteiger partial charge in [-0.05, 0) is 36.8 Å². The van der Waals surface area contributed by atoms with Gasteiger partial charge in [0, 0.05) is 31.0 Å². The van der Waals surface area contributed by atoms with Crippen LogP contribution in [0.25, 0.3) is 16.8 Å². The largest absolute Gasteiger partial charge is 0.419 e. The predicted molar refractivity (Wildman–Crippen MR) is 105 cm³/mol. The van der Waals surface area contributed by atoms with Gasteiger partial charge in [0.15, 0.2) is 5.58 Å². The number of hydrogen-bond acceptors (Lipinski definition) is 4. The lowest BCUT2D eigenvalue weighted by Crippen LogP contribution is -2.28. The van der Waals surface area contributed by atoms with Gasteiger partial charge in [-0.1, -0.05) is 24.3 Å². The van der Waals surface area contributed by atoms with Crippen molar-refractivity contribution in [1.29, 1.82) is 0 Å². The molecule has 0 radical (unpaired) electrons. The summed E-state index contributed by atoms with van der Waals surface area (Å²) in [6, 6.07) is 15.0. The van der Waals surface area contributed by atoms with E-state index in [-0.39, 0.29) is 24.9 Å². The molecule has 1 amide bonds. The molecule has 4 aromatic rings. The highest BCUT2D eigenvalue weighted by Crippen LogP contribution is 2.16. The SMILES string of the molecule is C[C@@H](NC(=O)CCn1c(=O)oc2ccccc21)c1ccc(-n2ccnc2)cc1. The number of carbonyl (C=O) groups excluding carboxylic acids is 1. The van der Waals surface area contributed by atoms with Crippen molar-refractivity contribution in [1.82, 2.24) is 19.4 Å². The number of benzene rings is 2. The Kier molecular flexibility index (Phi) is 4.80. The van der Waals surface area contributed by atoms with Crippen molar-refractivity contribution in [3.63, 3.8) is 0 Å². The number of rotatable bonds is 6. The van der Waals surface area contributed by atoms with Crippen LogP contribution in [-0.4, -0.2) is 20.0 Å². The second-order valence-corrected chi connectivity index (χ2v) is 6.59. The second-order valence-electron chi connectivity index (χ2n) is 6.59. The van der Waals surface area contributed by atoms with Gasteiger partial charge >= 0.3 is 5.76 Å². The minimum Gasteiger partial charge on any atom is -0.408 e. The zero-order chi connectivity index (χ0) is 19.5. The maximum Gasteiger partial charge on any atom is 0.419 e. The van der Waals surface area contributed by atoms with Crippen LogP contribution in [0, 0.1) is 0 Å². The first-order valence-corrected chi connectivity index (χ1v) is 9.08. The Morgan fingerprint density at radius 2 is 1.96 bits per heavy atom. The Labute approximate surface area is 161 Å². The molecule has 7 heteroatoms. The molecule has 0 saturated heterocycles. The third kappa shape index (κ3) is 3.59. The van der Waals surface area contributed by atoms with Crippen molar-refractivity contribution >= 4 is 17.0 Å². The van der Waals surface area contributed by atoms with Gasteiger partial charge in [0.1, 0.15) is 0 Å². The fourth-order valence-corrected chi connectivity index (χ4v) is 3.18. The number of nitrogens with one attached hydrogen (secondary N) is 1. The van der Waals surface area contributed by atoms with Gasteiger partial charge in [-0.2, -0.15) is 0 Å². The summed E-state index contributed by atoms with van der Waals surface area (Å²) in [5.41, 5.74) is 3.23. The molecule has 7 nitrogen and oxygen atoms in total. The number of oxazole rings is 1. The standard InChI is InChI=1S/C21H20N4O3/c1-15(16-6-8-17(9-7-16)24-13-11-22-14-24)23-20(26)10-12-25-18-4-2-3-5-19(18)28-21(25)27/h2-9,11,13-15H,10,12H2,1H3,(H,23,26)/t15-/m1/s1. The third-order valence-corrected chi connectivity index (χ3v) is 4.71. The summed E-state index contributed by atoms with van der Waals surface area (Å²) in [7, 11) is 0. The lowest BCUT2D eigenvalue weighted by atomic mass is 10.1. The fraction of sp³-hybridized carbons (Fsp3) is 0.190. The van der Waals surface area contributed by atoms with Crippen LogP contribution < -0.4 is 11.1 Å². The Hall–Kier alpha value is -3.61. The van der Waals surface area contributed by atoms with Crippen LogP contribution in [0.15, 0.2) is 76.5 Å². The molecule has 0 saturated carbocycles. The van der Waals surface area contributed by atoms with E-state index < -0.39 is 5.76 Å². The van der Waals surface area contributed by atoms with E-state index >= 15 is 0 Å². The minimum absolute atomic E-state index is 0.122. The molecule has 0 unspecified atom stereocenters. The number of para-hydroxylation sites is 2. The van der Waals surface area contributed by atoms with Crippen LogP contribution in [0.5, 0.6) is 0 Å². The van der Waals surface area contributed by atoms with Gasteiger partial charge in [-0.25, -0.2) is 9.78 Å². The highest BCUT2D eigenvalue weighted by molar-refractivity contribution is 5.77. The van der Waals surface area contributed by atoms with Gasteiger partial charge in [-0.3, -0.25) is 9.36 Å². The number of fused-ring (bicyclic) bond motifs is 1. The molecule has 0 fully saturated rings. The highest BCUT2D eigenvalue weighted by atomic mass is 16.4. The number of imidazole rings is 1. The Balaban J connectivity index is 1.38. The zero-order valence-electron chi connectivity index (χ0n) is 15.4. The van der Waals surface area contributed by atoms with Crippen molar-refractivity contribution in [3.05, 3.63) is 83.4 Å². The van der Waals surface area contributed by atoms with Crippen LogP contribution in [-0.2, 0) is 11.3 Å². The lowest BCUT2D eigenvalue weighted by Gasteiger charge is -2.15. The molecule has 0 aliphatic rings. The van der Waals surface area contributed by atoms with Gasteiger partial charge in [0.05, 0.1) is 17.9 Å². The molecule has 0 spiro atoms. The third-order valence-electron chi connectivity index (χ3n) is 4.71. The molecule has 2 aromatic heterocycles. The van der Waals surface area contributed by atoms with E-state index in [2.05, 4.69) is 10.3 Å². The number of nitrogens with zero attached hydrogens (tertiary/aromatic N) is 3. The van der Waals surface area contributed by atoms with E-state index in [1.807, 2.05) is 60.2 Å². The molecule has 28 heavy (non-hydrogen) atoms. The first-order valence-electron chi connectivity index (χ1n) is 9.08. The quantitative estimate of drug-likeness (QED) is 0.561. The predicted octanol–water partition coefficient (Wildman–Crippen LogP) is 3.05. The highest BCUT2D eigenvalue weighted by Gasteiger charge is 2.13. The number of amides is 1. The smallest absolute Gasteiger partial charge is 0.408 e. The molecule has 0 aliphatic carbocycles. The van der Waals surface area contributed by atoms with Crippen molar-refractivity contribution < 1.29 is 9.21 Å². The Morgan fingerprint density at radius 3 is 2.71 bits per heavy atom. The van der Waals surface area contributed by atoms with Gasteiger partial charge in [0.25, 0.3) is 0 Å². The van der Waals surface area contributed by atoms with E-state index in [4.69, 9.17) is 4.42 Å². The first kappa shape index (κ1) is 17.8. The minimum atomic E-state index is -0.447. The molecule has 142 valence electrons. The van der Waals surface area contributed by atoms with Crippen LogP contribution in [0.1, 0.15) is 24.9 Å². The molecule has 4 rings (SSSR count). The summed E-state index contributed by atoms with van der Waals surface area (Å²) in [6.45, 7) is 2.21. The van der Waals surface area contributed by atoms with E-state index in [1.165, 1.54) is 4.57 Å². The zero-order valence-corrected chi connectivity index (χ0v) is 15.4. The van der Waals surface area contributed by atoms with Gasteiger partial charge < -0.3 is 14.3 Å². The van der Waals surface area contributed by atoms with Crippen LogP contribution >= 0.6 is 0 Å². The average Bonchev–Trinajstić information content (AvgIpc) is 3.34. The number of aromatic nitrogens is 3. The molecule has 1 atom stereocenters. The van der Waals surface area contributed by atoms with Crippen LogP contribution in [0.4, 0.5) is 0 Å². The van der Waals surface area contributed by atoms with Crippen LogP contribution in [0.2, 0.25) is 0 Å². The van der Waals surface area contributed by atoms with E-state index in [9.17, 15) is 9.59 Å². The molecule has 2 aromatic carbocycles. The van der Waals surface area contributed by atoms with Crippen molar-refractivity contribution in [2.75, 3.05) is 0 Å². The number of hydrogen-bond donors (Lipinski definition) is 1. The van der Waals surface area contributed by atoms with Crippen LogP contribution in [0.3, 0.4) is 0 Å². The summed E-state index contributed by atoms with van der Waals surface area (Å²) >= 11 is 0. The summed E-state index contributed by atoms with van der Waals surface area (Å²) in [4.78, 5) is 28.4. The Morgan fingerprint density at radius 1 is 1.18 bits per heavy atom. The monoisotopic (exact) mass is 376 g/mol. The molecule has 1 N–H and O–H groups in total. The van der Waals surface area contributed by atoms with E-state index in [0.29, 0.717) is 11.1 Å². The maximum absolute atomic E-state index is 12.4. The van der Waals surface area contributed by atoms with Gasteiger partial charge in [0.2, 0.25) is 5.91 Å². The normalized spacial score (nSPS) is 12.2. The second kappa shape index (κ2) is 7.56. The molecular formula is C21H20N4O3. The molecular weight excluding hydrogens is 356 g/mol. The van der Waals surface area contributed by atoms with E-state index in [1.54, 1.807) is 18.6 Å². The van der Waals surface area contributed by atoms with Crippen molar-refractivity contribution in [2.24, 2.45) is 0 Å². The van der Waals surface area contributed by atoms with Gasteiger partial charge in [-0.15, -0.1) is 0 Å². The first-order chi connectivity index (χ1) is 13.6. The summed E-state index contributed by atoms with van der Waals surface area (Å²) in [5, 5.41) is 2.98. The van der Waals surface area contributed by atoms with Crippen molar-refractivity contribution in [3.8, 4) is 5.69 Å². The average molecular weight is 376 g/mol. The summed E-state index contributed by atoms with van der Waals surface area (Å²) in [6.07, 6.45) is 5.54.